The van der Waals surface area contributed by atoms with Crippen molar-refractivity contribution >= 4 is 50.9 Å². The number of rotatable bonds is 8. The van der Waals surface area contributed by atoms with E-state index in [9.17, 15) is 14.4 Å². The molecule has 0 atom stereocenters. The zero-order chi connectivity index (χ0) is 36.1. The van der Waals surface area contributed by atoms with Crippen molar-refractivity contribution in [2.45, 2.75) is 58.2 Å². The second-order valence-electron chi connectivity index (χ2n) is 13.5. The minimum atomic E-state index is -1.08. The van der Waals surface area contributed by atoms with Crippen molar-refractivity contribution in [2.75, 3.05) is 30.9 Å². The van der Waals surface area contributed by atoms with Gasteiger partial charge in [0.2, 0.25) is 11.8 Å². The number of carbonyl (C=O) groups is 3. The molecule has 3 aromatic carbocycles. The number of carbonyl (C=O) groups excluding carboxylic acids is 3. The Labute approximate surface area is 294 Å². The van der Waals surface area contributed by atoms with Gasteiger partial charge in [0.05, 0.1) is 22.8 Å². The summed E-state index contributed by atoms with van der Waals surface area (Å²) in [6.07, 6.45) is 8.57. The lowest BCUT2D eigenvalue weighted by Crippen LogP contribution is -2.35. The molecule has 2 N–H and O–H groups in total. The minimum Gasteiger partial charge on any atom is -0.381 e. The highest BCUT2D eigenvalue weighted by Crippen LogP contribution is 2.44. The number of nitrogens with zero attached hydrogens (tertiary/aromatic N) is 4. The summed E-state index contributed by atoms with van der Waals surface area (Å²) in [6.45, 7) is 4.26. The van der Waals surface area contributed by atoms with Gasteiger partial charge in [0.15, 0.2) is 5.78 Å². The molecule has 0 unspecified atom stereocenters. The van der Waals surface area contributed by atoms with Crippen LogP contribution in [0.25, 0.3) is 33.1 Å². The highest BCUT2D eigenvalue weighted by molar-refractivity contribution is 6.20. The third kappa shape index (κ3) is 6.12. The zero-order valence-electron chi connectivity index (χ0n) is 29.3. The minimum absolute atomic E-state index is 0.0658. The first-order chi connectivity index (χ1) is 24.5. The van der Waals surface area contributed by atoms with Gasteiger partial charge in [0.25, 0.3) is 0 Å². The molecule has 264 valence electrons. The number of imidazole rings is 1. The lowest BCUT2D eigenvalue weighted by atomic mass is 9.93. The van der Waals surface area contributed by atoms with Crippen molar-refractivity contribution in [2.24, 2.45) is 7.05 Å². The van der Waals surface area contributed by atoms with Gasteiger partial charge in [0, 0.05) is 73.7 Å². The van der Waals surface area contributed by atoms with Gasteiger partial charge in [-0.1, -0.05) is 24.3 Å². The number of halogens is 2. The van der Waals surface area contributed by atoms with Crippen LogP contribution in [-0.2, 0) is 27.9 Å². The van der Waals surface area contributed by atoms with Crippen molar-refractivity contribution in [3.8, 4) is 11.1 Å². The second kappa shape index (κ2) is 13.5. The lowest BCUT2D eigenvalue weighted by Gasteiger charge is -2.27. The predicted molar refractivity (Wildman–Crippen MR) is 193 cm³/mol. The Morgan fingerprint density at radius 2 is 1.78 bits per heavy atom. The highest BCUT2D eigenvalue weighted by atomic mass is 19.1. The number of fused-ring (bicyclic) bond motifs is 4. The summed E-state index contributed by atoms with van der Waals surface area (Å²) in [4.78, 5) is 46.6. The van der Waals surface area contributed by atoms with Gasteiger partial charge in [0.1, 0.15) is 35.2 Å². The van der Waals surface area contributed by atoms with E-state index in [0.717, 1.165) is 65.8 Å². The quantitative estimate of drug-likeness (QED) is 0.145. The molecule has 0 radical (unpaired) electrons. The van der Waals surface area contributed by atoms with Gasteiger partial charge in [-0.05, 0) is 63.3 Å². The van der Waals surface area contributed by atoms with Crippen molar-refractivity contribution < 1.29 is 27.9 Å². The van der Waals surface area contributed by atoms with Crippen LogP contribution in [0.2, 0.25) is 0 Å². The number of likely N-dealkylation sites (N-methyl/N-ethyl adjacent to an activating group) is 1. The van der Waals surface area contributed by atoms with Crippen LogP contribution in [-0.4, -0.2) is 64.6 Å². The standard InChI is InChI=1S/C39H40F2N6O4/c1-21-16-31-36(43-22(2)45(31)3)38-34(21)27-9-6-8-26-28(19-47(37(26)27)20-33(49)46(38)4)39(50)23-17-29(40)35(30(41)18-23)44-32(48)10-7-15-42-24-11-13-25(51-5)14-12-24/h6-10,16-19,24-25,42H,11-15,20H2,1-5H3,(H,44,48)/b10-7+. The fourth-order valence-electron chi connectivity index (χ4n) is 7.51. The molecular formula is C39H40F2N6O4. The smallest absolute Gasteiger partial charge is 0.248 e. The third-order valence-electron chi connectivity index (χ3n) is 10.4. The number of ether oxygens (including phenoxy) is 1. The Morgan fingerprint density at radius 1 is 1.06 bits per heavy atom. The Hall–Kier alpha value is -5.20. The first-order valence-corrected chi connectivity index (χ1v) is 17.1. The van der Waals surface area contributed by atoms with Gasteiger partial charge in [-0.15, -0.1) is 0 Å². The molecule has 5 aromatic rings. The van der Waals surface area contributed by atoms with Crippen molar-refractivity contribution in [1.29, 1.82) is 0 Å². The van der Waals surface area contributed by atoms with Gasteiger partial charge >= 0.3 is 0 Å². The predicted octanol–water partition coefficient (Wildman–Crippen LogP) is 6.34. The summed E-state index contributed by atoms with van der Waals surface area (Å²) in [5.74, 6) is -2.88. The Bertz CT molecular complexity index is 2240. The summed E-state index contributed by atoms with van der Waals surface area (Å²) in [5, 5.41) is 6.17. The summed E-state index contributed by atoms with van der Waals surface area (Å²) in [5.41, 5.74) is 4.82. The average Bonchev–Trinajstić information content (AvgIpc) is 3.62. The topological polar surface area (TPSA) is 110 Å². The molecule has 7 rings (SSSR count). The third-order valence-corrected chi connectivity index (χ3v) is 10.4. The van der Waals surface area contributed by atoms with E-state index < -0.39 is 29.0 Å². The molecule has 2 aromatic heterocycles. The number of ketones is 1. The number of aromatic nitrogens is 3. The van der Waals surface area contributed by atoms with Crippen molar-refractivity contribution in [3.05, 3.63) is 88.9 Å². The molecule has 0 spiro atoms. The van der Waals surface area contributed by atoms with Crippen LogP contribution in [0.4, 0.5) is 20.2 Å². The molecule has 1 fully saturated rings. The number of anilines is 2. The number of benzene rings is 3. The van der Waals surface area contributed by atoms with E-state index in [1.807, 2.05) is 43.7 Å². The lowest BCUT2D eigenvalue weighted by molar-refractivity contribution is -0.118. The zero-order valence-corrected chi connectivity index (χ0v) is 29.3. The number of hydrogen-bond donors (Lipinski definition) is 2. The molecule has 2 amide bonds. The second-order valence-corrected chi connectivity index (χ2v) is 13.5. The Kier molecular flexibility index (Phi) is 9.07. The number of hydrogen-bond acceptors (Lipinski definition) is 6. The fraction of sp³-hybridized carbons (Fsp3) is 0.333. The van der Waals surface area contributed by atoms with Crippen LogP contribution in [0.3, 0.4) is 0 Å². The summed E-state index contributed by atoms with van der Waals surface area (Å²) < 4.78 is 39.8. The maximum Gasteiger partial charge on any atom is 0.248 e. The van der Waals surface area contributed by atoms with E-state index in [0.29, 0.717) is 34.7 Å². The van der Waals surface area contributed by atoms with Crippen LogP contribution in [0.5, 0.6) is 0 Å². The molecule has 2 aliphatic rings. The monoisotopic (exact) mass is 694 g/mol. The van der Waals surface area contributed by atoms with E-state index in [1.165, 1.54) is 6.08 Å². The maximum absolute atomic E-state index is 15.4. The molecule has 12 heteroatoms. The summed E-state index contributed by atoms with van der Waals surface area (Å²) in [6, 6.07) is 9.75. The van der Waals surface area contributed by atoms with Crippen LogP contribution in [0.15, 0.2) is 54.7 Å². The SMILES string of the molecule is COC1CCC(NC/C=C/C(=O)Nc2c(F)cc(C(=O)c3cn4c5c(cccc35)-c3c(C)cc5c(nc(C)n5C)c3N(C)C(=O)C4)cc2F)CC1. The maximum atomic E-state index is 15.4. The molecular weight excluding hydrogens is 654 g/mol. The van der Waals surface area contributed by atoms with E-state index in [-0.39, 0.29) is 29.7 Å². The van der Waals surface area contributed by atoms with Gasteiger partial charge < -0.3 is 29.4 Å². The molecule has 1 aliphatic heterocycles. The number of aryl methyl sites for hydroxylation is 3. The van der Waals surface area contributed by atoms with Crippen molar-refractivity contribution in [3.63, 3.8) is 0 Å². The van der Waals surface area contributed by atoms with Crippen LogP contribution < -0.4 is 15.5 Å². The molecule has 1 saturated carbocycles. The summed E-state index contributed by atoms with van der Waals surface area (Å²) >= 11 is 0. The molecule has 51 heavy (non-hydrogen) atoms. The molecule has 10 nitrogen and oxygen atoms in total. The molecule has 1 aliphatic carbocycles. The Morgan fingerprint density at radius 3 is 2.49 bits per heavy atom. The van der Waals surface area contributed by atoms with Gasteiger partial charge in [-0.2, -0.15) is 0 Å². The van der Waals surface area contributed by atoms with Gasteiger partial charge in [-0.25, -0.2) is 13.8 Å². The molecule has 0 bridgehead atoms. The van der Waals surface area contributed by atoms with E-state index in [1.54, 1.807) is 42.0 Å². The first-order valence-electron chi connectivity index (χ1n) is 17.1. The van der Waals surface area contributed by atoms with E-state index in [4.69, 9.17) is 9.72 Å². The normalized spacial score (nSPS) is 17.6. The Balaban J connectivity index is 1.17. The number of para-hydroxylation sites is 1. The van der Waals surface area contributed by atoms with E-state index in [2.05, 4.69) is 10.6 Å². The first kappa shape index (κ1) is 34.3. The fourth-order valence-corrected chi connectivity index (χ4v) is 7.51. The molecule has 3 heterocycles. The van der Waals surface area contributed by atoms with Crippen LogP contribution in [0.1, 0.15) is 53.0 Å². The summed E-state index contributed by atoms with van der Waals surface area (Å²) in [7, 11) is 5.37. The average molecular weight is 695 g/mol. The molecule has 0 saturated heterocycles. The number of methoxy groups -OCH3 is 1. The van der Waals surface area contributed by atoms with Crippen LogP contribution >= 0.6 is 0 Å². The van der Waals surface area contributed by atoms with E-state index >= 15 is 8.78 Å². The highest BCUT2D eigenvalue weighted by Gasteiger charge is 2.30. The number of nitrogens with one attached hydrogen (secondary N) is 2. The van der Waals surface area contributed by atoms with Gasteiger partial charge in [-0.3, -0.25) is 14.4 Å². The number of amides is 2. The largest absolute Gasteiger partial charge is 0.381 e. The van der Waals surface area contributed by atoms with Crippen LogP contribution in [0, 0.1) is 25.5 Å². The van der Waals surface area contributed by atoms with Crippen molar-refractivity contribution in [1.82, 2.24) is 19.4 Å².